The van der Waals surface area contributed by atoms with Gasteiger partial charge < -0.3 is 10.1 Å². The van der Waals surface area contributed by atoms with Gasteiger partial charge in [0.15, 0.2) is 5.17 Å². The smallest absolute Gasteiger partial charge is 0.279 e. The fourth-order valence-corrected chi connectivity index (χ4v) is 2.96. The Kier molecular flexibility index (Phi) is 4.77. The number of para-hydroxylation sites is 1. The van der Waals surface area contributed by atoms with Gasteiger partial charge in [0.1, 0.15) is 5.75 Å². The number of aliphatic imine (C=N–C) groups is 1. The molecule has 0 aromatic heterocycles. The Balaban J connectivity index is 1.82. The SMILES string of the molecule is COc1ccccc1/C=C1\SC(=NC(=O)c2ccccc2)NC1=O. The number of ether oxygens (including phenoxy) is 1. The fourth-order valence-electron chi connectivity index (χ4n) is 2.14. The van der Waals surface area contributed by atoms with Crippen LogP contribution in [-0.2, 0) is 4.79 Å². The van der Waals surface area contributed by atoms with E-state index in [1.807, 2.05) is 30.3 Å². The third-order valence-electron chi connectivity index (χ3n) is 3.30. The van der Waals surface area contributed by atoms with Crippen molar-refractivity contribution >= 4 is 34.8 Å². The standard InChI is InChI=1S/C18H14N2O3S/c1-23-14-10-6-5-9-13(14)11-15-17(22)20-18(24-15)19-16(21)12-7-3-2-4-8-12/h2-11H,1H3,(H,19,20,21,22)/b15-11-. The molecule has 1 aliphatic rings. The second-order valence-electron chi connectivity index (χ2n) is 4.89. The van der Waals surface area contributed by atoms with E-state index in [0.717, 1.165) is 17.3 Å². The molecule has 0 unspecified atom stereocenters. The quantitative estimate of drug-likeness (QED) is 0.873. The summed E-state index contributed by atoms with van der Waals surface area (Å²) in [5.41, 5.74) is 1.26. The van der Waals surface area contributed by atoms with Gasteiger partial charge >= 0.3 is 0 Å². The first-order valence-electron chi connectivity index (χ1n) is 7.19. The predicted octanol–water partition coefficient (Wildman–Crippen LogP) is 3.10. The third-order valence-corrected chi connectivity index (χ3v) is 4.21. The number of nitrogens with one attached hydrogen (secondary N) is 1. The van der Waals surface area contributed by atoms with Crippen molar-refractivity contribution in [3.8, 4) is 5.75 Å². The Labute approximate surface area is 143 Å². The Hall–Kier alpha value is -2.86. The van der Waals surface area contributed by atoms with Gasteiger partial charge in [-0.2, -0.15) is 4.99 Å². The van der Waals surface area contributed by atoms with Gasteiger partial charge in [-0.15, -0.1) is 0 Å². The molecule has 0 saturated carbocycles. The normalized spacial score (nSPS) is 17.1. The highest BCUT2D eigenvalue weighted by atomic mass is 32.2. The van der Waals surface area contributed by atoms with Crippen molar-refractivity contribution in [2.24, 2.45) is 4.99 Å². The average Bonchev–Trinajstić information content (AvgIpc) is 2.95. The van der Waals surface area contributed by atoms with E-state index in [1.54, 1.807) is 37.5 Å². The van der Waals surface area contributed by atoms with Gasteiger partial charge in [-0.1, -0.05) is 36.4 Å². The van der Waals surface area contributed by atoms with E-state index >= 15 is 0 Å². The molecule has 0 spiro atoms. The van der Waals surface area contributed by atoms with Crippen LogP contribution in [0.15, 0.2) is 64.5 Å². The molecule has 2 aromatic rings. The maximum Gasteiger partial charge on any atom is 0.279 e. The molecule has 1 saturated heterocycles. The highest BCUT2D eigenvalue weighted by Crippen LogP contribution is 2.29. The van der Waals surface area contributed by atoms with Crippen LogP contribution in [0.1, 0.15) is 15.9 Å². The van der Waals surface area contributed by atoms with Gasteiger partial charge in [-0.3, -0.25) is 9.59 Å². The number of benzene rings is 2. The second-order valence-corrected chi connectivity index (χ2v) is 5.93. The van der Waals surface area contributed by atoms with Crippen LogP contribution in [0.3, 0.4) is 0 Å². The van der Waals surface area contributed by atoms with Gasteiger partial charge in [0.05, 0.1) is 12.0 Å². The summed E-state index contributed by atoms with van der Waals surface area (Å²) in [5.74, 6) is -0.00777. The van der Waals surface area contributed by atoms with Crippen LogP contribution in [-0.4, -0.2) is 24.1 Å². The van der Waals surface area contributed by atoms with Crippen molar-refractivity contribution in [2.75, 3.05) is 7.11 Å². The maximum atomic E-state index is 12.1. The fraction of sp³-hybridized carbons (Fsp3) is 0.0556. The minimum absolute atomic E-state index is 0.273. The van der Waals surface area contributed by atoms with Gasteiger partial charge in [0.2, 0.25) is 0 Å². The van der Waals surface area contributed by atoms with Crippen molar-refractivity contribution in [1.29, 1.82) is 0 Å². The van der Waals surface area contributed by atoms with Crippen molar-refractivity contribution in [1.82, 2.24) is 5.32 Å². The van der Waals surface area contributed by atoms with E-state index in [-0.39, 0.29) is 11.1 Å². The summed E-state index contributed by atoms with van der Waals surface area (Å²) < 4.78 is 5.27. The molecule has 0 radical (unpaired) electrons. The first-order valence-corrected chi connectivity index (χ1v) is 8.01. The zero-order valence-corrected chi connectivity index (χ0v) is 13.7. The number of hydrogen-bond donors (Lipinski definition) is 1. The number of nitrogens with zero attached hydrogens (tertiary/aromatic N) is 1. The molecule has 1 aliphatic heterocycles. The number of carbonyl (C=O) groups is 2. The summed E-state index contributed by atoms with van der Waals surface area (Å²) in [6, 6.07) is 16.1. The van der Waals surface area contributed by atoms with E-state index in [2.05, 4.69) is 10.3 Å². The van der Waals surface area contributed by atoms with Crippen LogP contribution in [0.5, 0.6) is 5.75 Å². The average molecular weight is 338 g/mol. The molecule has 120 valence electrons. The van der Waals surface area contributed by atoms with Gasteiger partial charge in [0.25, 0.3) is 11.8 Å². The third kappa shape index (κ3) is 3.55. The van der Waals surface area contributed by atoms with E-state index in [1.165, 1.54) is 0 Å². The zero-order chi connectivity index (χ0) is 16.9. The van der Waals surface area contributed by atoms with E-state index < -0.39 is 5.91 Å². The molecule has 5 nitrogen and oxygen atoms in total. The summed E-state index contributed by atoms with van der Waals surface area (Å²) in [4.78, 5) is 28.6. The van der Waals surface area contributed by atoms with Gasteiger partial charge in [-0.05, 0) is 36.0 Å². The lowest BCUT2D eigenvalue weighted by Gasteiger charge is -2.03. The number of carbonyl (C=O) groups excluding carboxylic acids is 2. The summed E-state index contributed by atoms with van der Waals surface area (Å²) in [7, 11) is 1.57. The molecule has 0 bridgehead atoms. The largest absolute Gasteiger partial charge is 0.496 e. The summed E-state index contributed by atoms with van der Waals surface area (Å²) in [6.45, 7) is 0. The molecule has 0 aliphatic carbocycles. The van der Waals surface area contributed by atoms with E-state index in [9.17, 15) is 9.59 Å². The highest BCUT2D eigenvalue weighted by molar-refractivity contribution is 8.18. The van der Waals surface area contributed by atoms with Gasteiger partial charge in [-0.25, -0.2) is 0 Å². The van der Waals surface area contributed by atoms with Gasteiger partial charge in [0, 0.05) is 11.1 Å². The molecule has 2 aromatic carbocycles. The number of amides is 2. The lowest BCUT2D eigenvalue weighted by molar-refractivity contribution is -0.115. The van der Waals surface area contributed by atoms with Crippen LogP contribution in [0.4, 0.5) is 0 Å². The van der Waals surface area contributed by atoms with Crippen LogP contribution in [0.2, 0.25) is 0 Å². The Morgan fingerprint density at radius 2 is 1.83 bits per heavy atom. The molecule has 3 rings (SSSR count). The van der Waals surface area contributed by atoms with Crippen molar-refractivity contribution in [3.05, 3.63) is 70.6 Å². The molecule has 2 amide bonds. The van der Waals surface area contributed by atoms with Crippen LogP contribution in [0, 0.1) is 0 Å². The first-order chi connectivity index (χ1) is 11.7. The lowest BCUT2D eigenvalue weighted by atomic mass is 10.2. The predicted molar refractivity (Wildman–Crippen MR) is 94.9 cm³/mol. The Bertz CT molecular complexity index is 844. The lowest BCUT2D eigenvalue weighted by Crippen LogP contribution is -2.20. The van der Waals surface area contributed by atoms with Crippen LogP contribution >= 0.6 is 11.8 Å². The number of amidine groups is 1. The van der Waals surface area contributed by atoms with Crippen molar-refractivity contribution < 1.29 is 14.3 Å². The molecular weight excluding hydrogens is 324 g/mol. The number of thioether (sulfide) groups is 1. The Morgan fingerprint density at radius 1 is 1.12 bits per heavy atom. The molecule has 24 heavy (non-hydrogen) atoms. The monoisotopic (exact) mass is 338 g/mol. The number of hydrogen-bond acceptors (Lipinski definition) is 4. The van der Waals surface area contributed by atoms with E-state index in [4.69, 9.17) is 4.74 Å². The molecule has 1 fully saturated rings. The maximum absolute atomic E-state index is 12.1. The summed E-state index contributed by atoms with van der Waals surface area (Å²) in [5, 5.41) is 2.88. The minimum atomic E-state index is -0.392. The molecule has 1 heterocycles. The molecular formula is C18H14N2O3S. The number of rotatable bonds is 3. The minimum Gasteiger partial charge on any atom is -0.496 e. The van der Waals surface area contributed by atoms with E-state index in [0.29, 0.717) is 16.2 Å². The topological polar surface area (TPSA) is 67.8 Å². The molecule has 1 N–H and O–H groups in total. The van der Waals surface area contributed by atoms with Crippen molar-refractivity contribution in [3.63, 3.8) is 0 Å². The first kappa shape index (κ1) is 16.0. The zero-order valence-electron chi connectivity index (χ0n) is 12.9. The molecule has 6 heteroatoms. The van der Waals surface area contributed by atoms with Crippen LogP contribution in [0.25, 0.3) is 6.08 Å². The molecule has 0 atom stereocenters. The van der Waals surface area contributed by atoms with Crippen molar-refractivity contribution in [2.45, 2.75) is 0 Å². The number of methoxy groups -OCH3 is 1. The summed E-state index contributed by atoms with van der Waals surface area (Å²) in [6.07, 6.45) is 1.72. The summed E-state index contributed by atoms with van der Waals surface area (Å²) >= 11 is 1.13. The Morgan fingerprint density at radius 3 is 2.58 bits per heavy atom. The second kappa shape index (κ2) is 7.14. The highest BCUT2D eigenvalue weighted by Gasteiger charge is 2.25. The van der Waals surface area contributed by atoms with Crippen LogP contribution < -0.4 is 10.1 Å².